The molecule has 0 amide bonds. The van der Waals surface area contributed by atoms with Crippen LogP contribution in [0.25, 0.3) is 0 Å². The molecule has 0 aromatic heterocycles. The monoisotopic (exact) mass is 269 g/mol. The van der Waals surface area contributed by atoms with Crippen molar-refractivity contribution in [2.75, 3.05) is 19.8 Å². The molecular formula is C15H27NO3. The van der Waals surface area contributed by atoms with Crippen LogP contribution in [-0.2, 0) is 9.47 Å². The first-order valence-corrected chi connectivity index (χ1v) is 7.94. The predicted molar refractivity (Wildman–Crippen MR) is 72.9 cm³/mol. The summed E-state index contributed by atoms with van der Waals surface area (Å²) in [6.45, 7) is 2.25. The van der Waals surface area contributed by atoms with Gasteiger partial charge in [-0.25, -0.2) is 0 Å². The third-order valence-corrected chi connectivity index (χ3v) is 5.07. The Labute approximate surface area is 115 Å². The fourth-order valence-corrected chi connectivity index (χ4v) is 3.77. The second-order valence-corrected chi connectivity index (χ2v) is 6.55. The van der Waals surface area contributed by atoms with Crippen LogP contribution >= 0.6 is 0 Å². The van der Waals surface area contributed by atoms with E-state index in [2.05, 4.69) is 5.32 Å². The van der Waals surface area contributed by atoms with Crippen molar-refractivity contribution in [1.29, 1.82) is 0 Å². The van der Waals surface area contributed by atoms with Gasteiger partial charge in [-0.05, 0) is 25.7 Å². The van der Waals surface area contributed by atoms with Crippen molar-refractivity contribution < 1.29 is 14.6 Å². The highest BCUT2D eigenvalue weighted by atomic mass is 16.7. The standard InChI is InChI=1S/C15H27NO3/c17-14(6-2-1-3-7-14)12-16-13-4-8-15(9-5-13)18-10-11-19-15/h13,16-17H,1-12H2. The van der Waals surface area contributed by atoms with Crippen LogP contribution in [0.5, 0.6) is 0 Å². The first-order valence-electron chi connectivity index (χ1n) is 7.94. The van der Waals surface area contributed by atoms with E-state index in [0.717, 1.165) is 58.3 Å². The topological polar surface area (TPSA) is 50.7 Å². The minimum Gasteiger partial charge on any atom is -0.389 e. The molecule has 0 aromatic rings. The summed E-state index contributed by atoms with van der Waals surface area (Å²) >= 11 is 0. The molecular weight excluding hydrogens is 242 g/mol. The highest BCUT2D eigenvalue weighted by Gasteiger charge is 2.40. The lowest BCUT2D eigenvalue weighted by atomic mass is 9.84. The fraction of sp³-hybridized carbons (Fsp3) is 1.00. The summed E-state index contributed by atoms with van der Waals surface area (Å²) in [6, 6.07) is 0.518. The van der Waals surface area contributed by atoms with Crippen LogP contribution in [0.3, 0.4) is 0 Å². The fourth-order valence-electron chi connectivity index (χ4n) is 3.77. The lowest BCUT2D eigenvalue weighted by molar-refractivity contribution is -0.179. The summed E-state index contributed by atoms with van der Waals surface area (Å²) in [5, 5.41) is 14.1. The molecule has 1 aliphatic heterocycles. The number of aliphatic hydroxyl groups is 1. The Morgan fingerprint density at radius 3 is 2.21 bits per heavy atom. The highest BCUT2D eigenvalue weighted by Crippen LogP contribution is 2.36. The number of rotatable bonds is 3. The molecule has 0 unspecified atom stereocenters. The van der Waals surface area contributed by atoms with Gasteiger partial charge < -0.3 is 19.9 Å². The minimum absolute atomic E-state index is 0.264. The van der Waals surface area contributed by atoms with Crippen molar-refractivity contribution in [3.63, 3.8) is 0 Å². The third kappa shape index (κ3) is 3.30. The van der Waals surface area contributed by atoms with Gasteiger partial charge in [-0.2, -0.15) is 0 Å². The van der Waals surface area contributed by atoms with Crippen LogP contribution in [0.1, 0.15) is 57.8 Å². The van der Waals surface area contributed by atoms with Gasteiger partial charge in [0.15, 0.2) is 5.79 Å². The molecule has 3 aliphatic rings. The Morgan fingerprint density at radius 2 is 1.58 bits per heavy atom. The SMILES string of the molecule is OC1(CNC2CCC3(CC2)OCCO3)CCCCC1. The van der Waals surface area contributed by atoms with E-state index in [-0.39, 0.29) is 5.79 Å². The molecule has 3 fully saturated rings. The molecule has 0 atom stereocenters. The molecule has 1 saturated heterocycles. The van der Waals surface area contributed by atoms with Crippen LogP contribution in [0.15, 0.2) is 0 Å². The third-order valence-electron chi connectivity index (χ3n) is 5.07. The van der Waals surface area contributed by atoms with E-state index in [9.17, 15) is 5.11 Å². The zero-order chi connectivity index (χ0) is 13.2. The first-order chi connectivity index (χ1) is 9.20. The number of ether oxygens (including phenoxy) is 2. The van der Waals surface area contributed by atoms with Gasteiger partial charge in [0.05, 0.1) is 18.8 Å². The molecule has 0 bridgehead atoms. The summed E-state index contributed by atoms with van der Waals surface area (Å²) < 4.78 is 11.5. The van der Waals surface area contributed by atoms with Gasteiger partial charge in [0.1, 0.15) is 0 Å². The van der Waals surface area contributed by atoms with Gasteiger partial charge in [-0.3, -0.25) is 0 Å². The Kier molecular flexibility index (Phi) is 4.13. The maximum Gasteiger partial charge on any atom is 0.168 e. The maximum atomic E-state index is 10.5. The van der Waals surface area contributed by atoms with Gasteiger partial charge in [0, 0.05) is 25.4 Å². The molecule has 0 aromatic carbocycles. The molecule has 0 radical (unpaired) electrons. The molecule has 2 N–H and O–H groups in total. The van der Waals surface area contributed by atoms with Crippen LogP contribution < -0.4 is 5.32 Å². The number of nitrogens with one attached hydrogen (secondary N) is 1. The molecule has 2 aliphatic carbocycles. The normalized spacial score (nSPS) is 30.8. The van der Waals surface area contributed by atoms with Gasteiger partial charge in [-0.1, -0.05) is 19.3 Å². The van der Waals surface area contributed by atoms with Crippen molar-refractivity contribution in [2.45, 2.75) is 75.2 Å². The quantitative estimate of drug-likeness (QED) is 0.822. The molecule has 4 heteroatoms. The van der Waals surface area contributed by atoms with Crippen LogP contribution in [0, 0.1) is 0 Å². The average Bonchev–Trinajstić information content (AvgIpc) is 2.88. The summed E-state index contributed by atoms with van der Waals surface area (Å²) in [4.78, 5) is 0. The van der Waals surface area contributed by atoms with E-state index < -0.39 is 5.60 Å². The second kappa shape index (κ2) is 5.68. The maximum absolute atomic E-state index is 10.5. The molecule has 4 nitrogen and oxygen atoms in total. The Bertz CT molecular complexity index is 286. The molecule has 1 heterocycles. The van der Waals surface area contributed by atoms with E-state index in [0.29, 0.717) is 6.04 Å². The van der Waals surface area contributed by atoms with Crippen LogP contribution in [0.2, 0.25) is 0 Å². The predicted octanol–water partition coefficient (Wildman–Crippen LogP) is 1.96. The van der Waals surface area contributed by atoms with Crippen molar-refractivity contribution in [3.8, 4) is 0 Å². The van der Waals surface area contributed by atoms with Crippen molar-refractivity contribution in [2.24, 2.45) is 0 Å². The molecule has 110 valence electrons. The molecule has 19 heavy (non-hydrogen) atoms. The average molecular weight is 269 g/mol. The van der Waals surface area contributed by atoms with E-state index in [4.69, 9.17) is 9.47 Å². The molecule has 3 rings (SSSR count). The van der Waals surface area contributed by atoms with Gasteiger partial charge >= 0.3 is 0 Å². The molecule has 2 saturated carbocycles. The lowest BCUT2D eigenvalue weighted by Gasteiger charge is -2.38. The summed E-state index contributed by atoms with van der Waals surface area (Å²) in [7, 11) is 0. The van der Waals surface area contributed by atoms with E-state index in [1.54, 1.807) is 0 Å². The van der Waals surface area contributed by atoms with Crippen molar-refractivity contribution >= 4 is 0 Å². The van der Waals surface area contributed by atoms with E-state index >= 15 is 0 Å². The number of hydrogen-bond acceptors (Lipinski definition) is 4. The first kappa shape index (κ1) is 13.8. The Balaban J connectivity index is 1.42. The van der Waals surface area contributed by atoms with Crippen LogP contribution in [-0.4, -0.2) is 42.3 Å². The zero-order valence-corrected chi connectivity index (χ0v) is 11.8. The molecule has 1 spiro atoms. The summed E-state index contributed by atoms with van der Waals surface area (Å²) in [5.41, 5.74) is -0.451. The summed E-state index contributed by atoms with van der Waals surface area (Å²) in [6.07, 6.45) is 9.72. The van der Waals surface area contributed by atoms with Crippen molar-refractivity contribution in [1.82, 2.24) is 5.32 Å². The van der Waals surface area contributed by atoms with Gasteiger partial charge in [0.25, 0.3) is 0 Å². The lowest BCUT2D eigenvalue weighted by Crippen LogP contribution is -2.48. The smallest absolute Gasteiger partial charge is 0.168 e. The van der Waals surface area contributed by atoms with Crippen molar-refractivity contribution in [3.05, 3.63) is 0 Å². The van der Waals surface area contributed by atoms with E-state index in [1.807, 2.05) is 0 Å². The highest BCUT2D eigenvalue weighted by molar-refractivity contribution is 4.89. The van der Waals surface area contributed by atoms with Gasteiger partial charge in [-0.15, -0.1) is 0 Å². The second-order valence-electron chi connectivity index (χ2n) is 6.55. The Morgan fingerprint density at radius 1 is 0.947 bits per heavy atom. The zero-order valence-electron chi connectivity index (χ0n) is 11.8. The van der Waals surface area contributed by atoms with E-state index in [1.165, 1.54) is 19.3 Å². The summed E-state index contributed by atoms with van der Waals surface area (Å²) in [5.74, 6) is -0.264. The minimum atomic E-state index is -0.451. The Hall–Kier alpha value is -0.160. The largest absolute Gasteiger partial charge is 0.389 e. The van der Waals surface area contributed by atoms with Gasteiger partial charge in [0.2, 0.25) is 0 Å². The number of hydrogen-bond donors (Lipinski definition) is 2. The van der Waals surface area contributed by atoms with Crippen LogP contribution in [0.4, 0.5) is 0 Å².